The minimum atomic E-state index is -3.20. The number of alkyl halides is 4. The van der Waals surface area contributed by atoms with E-state index in [1.54, 1.807) is 0 Å². The van der Waals surface area contributed by atoms with Crippen LogP contribution >= 0.6 is 11.8 Å². The predicted molar refractivity (Wildman–Crippen MR) is 26.7 cm³/mol. The molecule has 0 saturated carbocycles. The molecule has 0 aromatic carbocycles. The quantitative estimate of drug-likeness (QED) is 0.491. The van der Waals surface area contributed by atoms with Gasteiger partial charge in [-0.25, -0.2) is 0 Å². The van der Waals surface area contributed by atoms with Crippen LogP contribution in [0.25, 0.3) is 0 Å². The van der Waals surface area contributed by atoms with Gasteiger partial charge >= 0.3 is 0 Å². The van der Waals surface area contributed by atoms with Crippen LogP contribution in [0.5, 0.6) is 0 Å². The average Bonchev–Trinajstić information content (AvgIpc) is 1.78. The molecular formula is C4H4F4S. The molecule has 1 aliphatic heterocycles. The Morgan fingerprint density at radius 2 is 1.22 bits per heavy atom. The fourth-order valence-corrected chi connectivity index (χ4v) is 1.46. The highest BCUT2D eigenvalue weighted by atomic mass is 32.2. The zero-order valence-corrected chi connectivity index (χ0v) is 5.15. The second-order valence-electron chi connectivity index (χ2n) is 1.88. The number of hydrogen-bond acceptors (Lipinski definition) is 1. The monoisotopic (exact) mass is 160 g/mol. The summed E-state index contributed by atoms with van der Waals surface area (Å²) in [5, 5.41) is -6.41. The number of halogens is 4. The molecule has 0 aromatic rings. The van der Waals surface area contributed by atoms with Crippen molar-refractivity contribution in [3.63, 3.8) is 0 Å². The third kappa shape index (κ3) is 1.74. The SMILES string of the molecule is FC1(F)CCC(F)(F)S1. The molecule has 1 heterocycles. The summed E-state index contributed by atoms with van der Waals surface area (Å²) in [6, 6.07) is 0. The Hall–Kier alpha value is 0.0700. The molecule has 0 radical (unpaired) electrons. The number of thioether (sulfide) groups is 1. The highest BCUT2D eigenvalue weighted by Crippen LogP contribution is 2.53. The van der Waals surface area contributed by atoms with Gasteiger partial charge in [0.25, 0.3) is 10.5 Å². The Kier molecular flexibility index (Phi) is 1.42. The van der Waals surface area contributed by atoms with Gasteiger partial charge in [-0.1, -0.05) is 0 Å². The summed E-state index contributed by atoms with van der Waals surface area (Å²) in [5.74, 6) is 0. The minimum absolute atomic E-state index is 0.542. The second kappa shape index (κ2) is 1.78. The van der Waals surface area contributed by atoms with Crippen LogP contribution in [0.1, 0.15) is 12.8 Å². The first-order valence-corrected chi connectivity index (χ1v) is 3.19. The van der Waals surface area contributed by atoms with E-state index in [2.05, 4.69) is 0 Å². The average molecular weight is 160 g/mol. The molecule has 0 aliphatic carbocycles. The standard InChI is InChI=1S/C4H4F4S/c5-3(6)1-2-4(7,8)9-3/h1-2H2. The van der Waals surface area contributed by atoms with E-state index in [1.165, 1.54) is 0 Å². The van der Waals surface area contributed by atoms with Gasteiger partial charge in [0.15, 0.2) is 0 Å². The molecule has 1 aliphatic rings. The van der Waals surface area contributed by atoms with Crippen LogP contribution < -0.4 is 0 Å². The van der Waals surface area contributed by atoms with Crippen molar-refractivity contribution in [1.29, 1.82) is 0 Å². The Bertz CT molecular complexity index is 108. The maximum atomic E-state index is 11.9. The number of rotatable bonds is 0. The number of hydrogen-bond donors (Lipinski definition) is 0. The lowest BCUT2D eigenvalue weighted by Gasteiger charge is -2.06. The molecule has 0 spiro atoms. The lowest BCUT2D eigenvalue weighted by atomic mass is 10.3. The smallest absolute Gasteiger partial charge is 0.194 e. The molecular weight excluding hydrogens is 156 g/mol. The molecule has 1 saturated heterocycles. The zero-order chi connectivity index (χ0) is 7.12. The second-order valence-corrected chi connectivity index (χ2v) is 3.28. The summed E-state index contributed by atoms with van der Waals surface area (Å²) in [5.41, 5.74) is 0. The molecule has 5 heteroatoms. The zero-order valence-electron chi connectivity index (χ0n) is 4.33. The summed E-state index contributed by atoms with van der Waals surface area (Å²) < 4.78 is 47.7. The van der Waals surface area contributed by atoms with Crippen molar-refractivity contribution in [2.45, 2.75) is 23.4 Å². The van der Waals surface area contributed by atoms with E-state index in [4.69, 9.17) is 0 Å². The van der Waals surface area contributed by atoms with Crippen molar-refractivity contribution in [3.05, 3.63) is 0 Å². The first-order valence-electron chi connectivity index (χ1n) is 2.37. The fourth-order valence-electron chi connectivity index (χ4n) is 0.612. The van der Waals surface area contributed by atoms with Crippen LogP contribution in [0.15, 0.2) is 0 Å². The highest BCUT2D eigenvalue weighted by Gasteiger charge is 2.51. The van der Waals surface area contributed by atoms with Gasteiger partial charge < -0.3 is 0 Å². The molecule has 0 bridgehead atoms. The summed E-state index contributed by atoms with van der Waals surface area (Å²) in [6.07, 6.45) is -1.41. The van der Waals surface area contributed by atoms with Crippen molar-refractivity contribution in [2.75, 3.05) is 0 Å². The van der Waals surface area contributed by atoms with Crippen molar-refractivity contribution in [3.8, 4) is 0 Å². The maximum absolute atomic E-state index is 11.9. The Balaban J connectivity index is 2.58. The van der Waals surface area contributed by atoms with Gasteiger partial charge in [-0.05, 0) is 11.8 Å². The lowest BCUT2D eigenvalue weighted by molar-refractivity contribution is 0.0815. The van der Waals surface area contributed by atoms with E-state index in [0.717, 1.165) is 0 Å². The topological polar surface area (TPSA) is 0 Å². The van der Waals surface area contributed by atoms with Crippen LogP contribution in [0.3, 0.4) is 0 Å². The minimum Gasteiger partial charge on any atom is -0.194 e. The molecule has 0 amide bonds. The molecule has 0 aromatic heterocycles. The third-order valence-electron chi connectivity index (χ3n) is 1.01. The summed E-state index contributed by atoms with van der Waals surface area (Å²) in [7, 11) is 0. The summed E-state index contributed by atoms with van der Waals surface area (Å²) in [4.78, 5) is 0. The Morgan fingerprint density at radius 3 is 1.33 bits per heavy atom. The Labute approximate surface area is 53.6 Å². The third-order valence-corrected chi connectivity index (χ3v) is 2.01. The van der Waals surface area contributed by atoms with Crippen molar-refractivity contribution in [2.24, 2.45) is 0 Å². The van der Waals surface area contributed by atoms with Crippen molar-refractivity contribution in [1.82, 2.24) is 0 Å². The van der Waals surface area contributed by atoms with Gasteiger partial charge in [0.2, 0.25) is 0 Å². The Morgan fingerprint density at radius 1 is 0.889 bits per heavy atom. The van der Waals surface area contributed by atoms with E-state index in [9.17, 15) is 17.6 Å². The van der Waals surface area contributed by atoms with E-state index in [-0.39, 0.29) is 0 Å². The van der Waals surface area contributed by atoms with Crippen LogP contribution in [-0.2, 0) is 0 Å². The molecule has 0 nitrogen and oxygen atoms in total. The maximum Gasteiger partial charge on any atom is 0.299 e. The predicted octanol–water partition coefficient (Wildman–Crippen LogP) is 2.70. The summed E-state index contributed by atoms with van der Waals surface area (Å²) in [6.45, 7) is 0. The highest BCUT2D eigenvalue weighted by molar-refractivity contribution is 8.01. The van der Waals surface area contributed by atoms with E-state index in [1.807, 2.05) is 0 Å². The van der Waals surface area contributed by atoms with Crippen LogP contribution in [0.2, 0.25) is 0 Å². The molecule has 1 fully saturated rings. The summed E-state index contributed by atoms with van der Waals surface area (Å²) >= 11 is -0.542. The molecule has 0 N–H and O–H groups in total. The molecule has 9 heavy (non-hydrogen) atoms. The molecule has 54 valence electrons. The van der Waals surface area contributed by atoms with Gasteiger partial charge in [-0.15, -0.1) is 0 Å². The van der Waals surface area contributed by atoms with Crippen LogP contribution in [0.4, 0.5) is 17.6 Å². The first kappa shape index (κ1) is 7.18. The largest absolute Gasteiger partial charge is 0.299 e. The van der Waals surface area contributed by atoms with Gasteiger partial charge in [0, 0.05) is 12.8 Å². The van der Waals surface area contributed by atoms with Gasteiger partial charge in [0.05, 0.1) is 0 Å². The van der Waals surface area contributed by atoms with Crippen LogP contribution in [-0.4, -0.2) is 10.5 Å². The van der Waals surface area contributed by atoms with E-state index in [0.29, 0.717) is 0 Å². The normalized spacial score (nSPS) is 30.7. The molecule has 1 rings (SSSR count). The van der Waals surface area contributed by atoms with Gasteiger partial charge in [-0.2, -0.15) is 17.6 Å². The first-order chi connectivity index (χ1) is 3.91. The van der Waals surface area contributed by atoms with Gasteiger partial charge in [0.1, 0.15) is 0 Å². The van der Waals surface area contributed by atoms with E-state index >= 15 is 0 Å². The lowest BCUT2D eigenvalue weighted by Crippen LogP contribution is -2.06. The van der Waals surface area contributed by atoms with Crippen molar-refractivity contribution < 1.29 is 17.6 Å². The fraction of sp³-hybridized carbons (Fsp3) is 1.00. The van der Waals surface area contributed by atoms with Crippen molar-refractivity contribution >= 4 is 11.8 Å². The van der Waals surface area contributed by atoms with Crippen LogP contribution in [0, 0.1) is 0 Å². The molecule has 0 atom stereocenters. The van der Waals surface area contributed by atoms with E-state index < -0.39 is 35.1 Å². The molecule has 0 unspecified atom stereocenters. The van der Waals surface area contributed by atoms with Gasteiger partial charge in [-0.3, -0.25) is 0 Å².